The first-order valence-electron chi connectivity index (χ1n) is 4.51. The summed E-state index contributed by atoms with van der Waals surface area (Å²) in [7, 11) is -0.00403. The minimum Gasteiger partial charge on any atom is -0.0934 e. The van der Waals surface area contributed by atoms with Crippen molar-refractivity contribution >= 4 is 21.1 Å². The van der Waals surface area contributed by atoms with Crippen molar-refractivity contribution in [1.82, 2.24) is 0 Å². The smallest absolute Gasteiger partial charge is 0.0510 e. The highest BCUT2D eigenvalue weighted by atomic mass is 35.5. The largest absolute Gasteiger partial charge is 0.0934 e. The van der Waals surface area contributed by atoms with E-state index in [1.54, 1.807) is 0 Å². The molecule has 0 aliphatic heterocycles. The molecular formula is C9H19ClSi. The van der Waals surface area contributed by atoms with E-state index in [-0.39, 0.29) is 9.52 Å². The van der Waals surface area contributed by atoms with Crippen LogP contribution in [0.15, 0.2) is 10.7 Å². The molecule has 11 heavy (non-hydrogen) atoms. The third kappa shape index (κ3) is 5.51. The van der Waals surface area contributed by atoms with Gasteiger partial charge < -0.3 is 0 Å². The minimum absolute atomic E-state index is 0.00403. The molecule has 0 aromatic heterocycles. The topological polar surface area (TPSA) is 0 Å². The molecule has 0 fully saturated rings. The van der Waals surface area contributed by atoms with Crippen molar-refractivity contribution in [2.75, 3.05) is 0 Å². The summed E-state index contributed by atoms with van der Waals surface area (Å²) in [5, 5.41) is 1.53. The highest BCUT2D eigenvalue weighted by Gasteiger charge is 2.01. The molecule has 2 heteroatoms. The van der Waals surface area contributed by atoms with Crippen molar-refractivity contribution in [3.05, 3.63) is 10.7 Å². The molecule has 0 bridgehead atoms. The molecule has 0 heterocycles. The lowest BCUT2D eigenvalue weighted by atomic mass is 10.2. The van der Waals surface area contributed by atoms with Crippen LogP contribution in [0.2, 0.25) is 6.04 Å². The Morgan fingerprint density at radius 3 is 2.55 bits per heavy atom. The summed E-state index contributed by atoms with van der Waals surface area (Å²) in [6.07, 6.45) is 2.70. The molecule has 0 atom stereocenters. The van der Waals surface area contributed by atoms with Gasteiger partial charge in [0.25, 0.3) is 0 Å². The molecule has 0 saturated heterocycles. The standard InChI is InChI=1S/C9H19ClSi/c1-4-5-6-11-9(7-10)8(2)3/h7-8H,4-6,11H2,1-3H3. The Balaban J connectivity index is 3.54. The zero-order valence-corrected chi connectivity index (χ0v) is 10.0. The zero-order chi connectivity index (χ0) is 8.69. The van der Waals surface area contributed by atoms with Crippen LogP contribution in [0.3, 0.4) is 0 Å². The number of halogens is 1. The van der Waals surface area contributed by atoms with E-state index in [2.05, 4.69) is 20.8 Å². The van der Waals surface area contributed by atoms with Crippen molar-refractivity contribution in [1.29, 1.82) is 0 Å². The van der Waals surface area contributed by atoms with E-state index in [0.29, 0.717) is 5.92 Å². The van der Waals surface area contributed by atoms with Gasteiger partial charge in [0.2, 0.25) is 0 Å². The van der Waals surface area contributed by atoms with Gasteiger partial charge >= 0.3 is 0 Å². The van der Waals surface area contributed by atoms with Gasteiger partial charge in [0.1, 0.15) is 0 Å². The Bertz CT molecular complexity index is 119. The van der Waals surface area contributed by atoms with Crippen LogP contribution in [-0.4, -0.2) is 9.52 Å². The molecule has 0 N–H and O–H groups in total. The van der Waals surface area contributed by atoms with Gasteiger partial charge in [-0.3, -0.25) is 0 Å². The zero-order valence-electron chi connectivity index (χ0n) is 7.86. The Morgan fingerprint density at radius 1 is 1.55 bits per heavy atom. The van der Waals surface area contributed by atoms with Gasteiger partial charge in [-0.1, -0.05) is 56.5 Å². The van der Waals surface area contributed by atoms with E-state index in [9.17, 15) is 0 Å². The van der Waals surface area contributed by atoms with Gasteiger partial charge in [-0.15, -0.1) is 0 Å². The van der Waals surface area contributed by atoms with Crippen molar-refractivity contribution < 1.29 is 0 Å². The van der Waals surface area contributed by atoms with Crippen molar-refractivity contribution in [2.24, 2.45) is 5.92 Å². The molecule has 0 amide bonds. The molecule has 0 aromatic rings. The fourth-order valence-electron chi connectivity index (χ4n) is 1.05. The van der Waals surface area contributed by atoms with E-state index in [4.69, 9.17) is 11.6 Å². The summed E-state index contributed by atoms with van der Waals surface area (Å²) in [6.45, 7) is 6.70. The van der Waals surface area contributed by atoms with Crippen LogP contribution in [-0.2, 0) is 0 Å². The van der Waals surface area contributed by atoms with E-state index in [0.717, 1.165) is 0 Å². The lowest BCUT2D eigenvalue weighted by Gasteiger charge is -2.08. The lowest BCUT2D eigenvalue weighted by molar-refractivity contribution is 0.805. The molecule has 0 aliphatic carbocycles. The normalized spacial score (nSPS) is 13.7. The summed E-state index contributed by atoms with van der Waals surface area (Å²) < 4.78 is 0. The first-order valence-corrected chi connectivity index (χ1v) is 6.65. The predicted molar refractivity (Wildman–Crippen MR) is 57.0 cm³/mol. The number of hydrogen-bond acceptors (Lipinski definition) is 0. The van der Waals surface area contributed by atoms with Gasteiger partial charge in [-0.05, 0) is 11.5 Å². The summed E-state index contributed by atoms with van der Waals surface area (Å²) in [5.41, 5.74) is 1.81. The van der Waals surface area contributed by atoms with E-state index < -0.39 is 0 Å². The fourth-order valence-corrected chi connectivity index (χ4v) is 3.47. The second-order valence-corrected chi connectivity index (χ2v) is 5.54. The molecule has 0 aliphatic rings. The average molecular weight is 191 g/mol. The van der Waals surface area contributed by atoms with E-state index >= 15 is 0 Å². The Labute approximate surface area is 77.8 Å². The SMILES string of the molecule is CCCC[SiH2]C(=CCl)C(C)C. The predicted octanol–water partition coefficient (Wildman–Crippen LogP) is 3.11. The van der Waals surface area contributed by atoms with Crippen LogP contribution in [0.4, 0.5) is 0 Å². The third-order valence-electron chi connectivity index (χ3n) is 1.95. The number of rotatable bonds is 5. The van der Waals surface area contributed by atoms with Gasteiger partial charge in [0.05, 0.1) is 9.52 Å². The minimum atomic E-state index is -0.00403. The molecule has 0 saturated carbocycles. The Morgan fingerprint density at radius 2 is 2.18 bits per heavy atom. The van der Waals surface area contributed by atoms with Crippen molar-refractivity contribution in [3.8, 4) is 0 Å². The van der Waals surface area contributed by atoms with Crippen LogP contribution < -0.4 is 0 Å². The maximum atomic E-state index is 5.71. The molecule has 0 aromatic carbocycles. The van der Waals surface area contributed by atoms with Crippen LogP contribution >= 0.6 is 11.6 Å². The quantitative estimate of drug-likeness (QED) is 0.462. The average Bonchev–Trinajstić information content (AvgIpc) is 1.97. The summed E-state index contributed by atoms with van der Waals surface area (Å²) in [4.78, 5) is 0. The third-order valence-corrected chi connectivity index (χ3v) is 4.94. The molecule has 0 unspecified atom stereocenters. The van der Waals surface area contributed by atoms with Gasteiger partial charge in [0.15, 0.2) is 0 Å². The maximum Gasteiger partial charge on any atom is 0.0510 e. The molecule has 66 valence electrons. The Kier molecular flexibility index (Phi) is 7.08. The lowest BCUT2D eigenvalue weighted by Crippen LogP contribution is -2.02. The monoisotopic (exact) mass is 190 g/mol. The second kappa shape index (κ2) is 6.93. The fraction of sp³-hybridized carbons (Fsp3) is 0.778. The van der Waals surface area contributed by atoms with Crippen LogP contribution in [0, 0.1) is 5.92 Å². The second-order valence-electron chi connectivity index (χ2n) is 3.30. The van der Waals surface area contributed by atoms with Crippen LogP contribution in [0.1, 0.15) is 33.6 Å². The Hall–Kier alpha value is 0.247. The van der Waals surface area contributed by atoms with Gasteiger partial charge in [-0.2, -0.15) is 0 Å². The molecule has 0 radical (unpaired) electrons. The van der Waals surface area contributed by atoms with Crippen molar-refractivity contribution in [3.63, 3.8) is 0 Å². The highest BCUT2D eigenvalue weighted by Crippen LogP contribution is 2.11. The first-order chi connectivity index (χ1) is 5.22. The maximum absolute atomic E-state index is 5.71. The summed E-state index contributed by atoms with van der Waals surface area (Å²) >= 11 is 5.71. The van der Waals surface area contributed by atoms with Crippen molar-refractivity contribution in [2.45, 2.75) is 39.7 Å². The summed E-state index contributed by atoms with van der Waals surface area (Å²) in [5.74, 6) is 0.677. The number of hydrogen-bond donors (Lipinski definition) is 0. The van der Waals surface area contributed by atoms with Gasteiger partial charge in [-0.25, -0.2) is 0 Å². The van der Waals surface area contributed by atoms with Crippen LogP contribution in [0.5, 0.6) is 0 Å². The first kappa shape index (κ1) is 11.2. The van der Waals surface area contributed by atoms with E-state index in [1.165, 1.54) is 24.1 Å². The molecular weight excluding hydrogens is 172 g/mol. The van der Waals surface area contributed by atoms with E-state index in [1.807, 2.05) is 5.54 Å². The number of unbranched alkanes of at least 4 members (excludes halogenated alkanes) is 1. The molecule has 0 spiro atoms. The number of allylic oxidation sites excluding steroid dienone is 1. The molecule has 0 rings (SSSR count). The van der Waals surface area contributed by atoms with Crippen LogP contribution in [0.25, 0.3) is 0 Å². The van der Waals surface area contributed by atoms with Gasteiger partial charge in [0, 0.05) is 0 Å². The summed E-state index contributed by atoms with van der Waals surface area (Å²) in [6, 6.07) is 1.42. The highest BCUT2D eigenvalue weighted by molar-refractivity contribution is 6.47. The molecule has 0 nitrogen and oxygen atoms in total.